The van der Waals surface area contributed by atoms with Gasteiger partial charge in [-0.15, -0.1) is 5.10 Å². The van der Waals surface area contributed by atoms with E-state index in [0.29, 0.717) is 22.9 Å². The van der Waals surface area contributed by atoms with Crippen LogP contribution in [0, 0.1) is 0 Å². The number of para-hydroxylation sites is 1. The minimum atomic E-state index is -0.304. The number of hydrogen-bond donors (Lipinski definition) is 2. The fourth-order valence-electron chi connectivity index (χ4n) is 5.30. The largest absolute Gasteiger partial charge is 0.494 e. The Morgan fingerprint density at radius 1 is 1.15 bits per heavy atom. The number of aliphatic hydroxyl groups excluding tert-OH is 1. The molecule has 4 heterocycles. The Hall–Kier alpha value is -3.40. The molecule has 1 saturated heterocycles. The molecule has 3 N–H and O–H groups in total. The van der Waals surface area contributed by atoms with Gasteiger partial charge in [0.15, 0.2) is 11.5 Å². The Morgan fingerprint density at radius 3 is 2.88 bits per heavy atom. The normalized spacial score (nSPS) is 23.6. The highest BCUT2D eigenvalue weighted by Crippen LogP contribution is 2.34. The molecule has 1 aliphatic carbocycles. The zero-order chi connectivity index (χ0) is 22.5. The summed E-state index contributed by atoms with van der Waals surface area (Å²) in [7, 11) is 1.62. The number of aliphatic hydroxyl groups is 1. The quantitative estimate of drug-likeness (QED) is 0.489. The molecule has 2 fully saturated rings. The van der Waals surface area contributed by atoms with Gasteiger partial charge in [0, 0.05) is 30.6 Å². The molecule has 6 rings (SSSR count). The SMILES string of the molecule is COc1cccc2c1nc(N)n1nc([C@@H]3CCCN(c4cnn(C5CCC[C@H]5O)c4)C3)nc21. The molecule has 3 aromatic heterocycles. The number of hydrogen-bond acceptors (Lipinski definition) is 8. The minimum absolute atomic E-state index is 0.0835. The smallest absolute Gasteiger partial charge is 0.223 e. The molecular weight excluding hydrogens is 420 g/mol. The van der Waals surface area contributed by atoms with Gasteiger partial charge in [-0.3, -0.25) is 4.68 Å². The van der Waals surface area contributed by atoms with Crippen molar-refractivity contribution >= 4 is 28.2 Å². The molecule has 172 valence electrons. The van der Waals surface area contributed by atoms with Crippen molar-refractivity contribution in [2.24, 2.45) is 0 Å². The number of nitrogens with zero attached hydrogens (tertiary/aromatic N) is 7. The van der Waals surface area contributed by atoms with Crippen molar-refractivity contribution in [2.45, 2.75) is 50.2 Å². The van der Waals surface area contributed by atoms with E-state index in [2.05, 4.69) is 21.2 Å². The van der Waals surface area contributed by atoms with Gasteiger partial charge in [0.1, 0.15) is 11.3 Å². The van der Waals surface area contributed by atoms with Crippen LogP contribution >= 0.6 is 0 Å². The van der Waals surface area contributed by atoms with Gasteiger partial charge in [-0.2, -0.15) is 9.61 Å². The summed E-state index contributed by atoms with van der Waals surface area (Å²) in [5.74, 6) is 1.92. The zero-order valence-corrected chi connectivity index (χ0v) is 18.6. The Kier molecular flexibility index (Phi) is 4.83. The first-order chi connectivity index (χ1) is 16.1. The standard InChI is InChI=1S/C23H28N8O2/c1-33-19-9-2-6-16-20(19)26-23(24)31-22(16)27-21(28-31)14-5-4-10-29(12-14)15-11-25-30(13-15)17-7-3-8-18(17)32/h2,6,9,11,13-14,17-18,32H,3-5,7-8,10,12H2,1H3,(H2,24,26)/t14-,17?,18-/m1/s1. The van der Waals surface area contributed by atoms with Gasteiger partial charge >= 0.3 is 0 Å². The maximum absolute atomic E-state index is 10.2. The number of rotatable bonds is 4. The Morgan fingerprint density at radius 2 is 2.06 bits per heavy atom. The molecule has 4 aromatic rings. The summed E-state index contributed by atoms with van der Waals surface area (Å²) in [6.45, 7) is 1.77. The van der Waals surface area contributed by atoms with Crippen molar-refractivity contribution in [3.8, 4) is 5.75 Å². The summed E-state index contributed by atoms with van der Waals surface area (Å²) < 4.78 is 9.03. The van der Waals surface area contributed by atoms with Gasteiger partial charge in [0.05, 0.1) is 31.1 Å². The predicted octanol–water partition coefficient (Wildman–Crippen LogP) is 2.53. The van der Waals surface area contributed by atoms with Crippen LogP contribution in [0.5, 0.6) is 5.75 Å². The summed E-state index contributed by atoms with van der Waals surface area (Å²) in [5.41, 5.74) is 8.71. The van der Waals surface area contributed by atoms with E-state index >= 15 is 0 Å². The van der Waals surface area contributed by atoms with Crippen LogP contribution in [0.1, 0.15) is 49.9 Å². The number of aromatic nitrogens is 6. The third kappa shape index (κ3) is 3.36. The molecular formula is C23H28N8O2. The molecule has 2 aliphatic rings. The zero-order valence-electron chi connectivity index (χ0n) is 18.6. The molecule has 10 nitrogen and oxygen atoms in total. The number of nitrogens with two attached hydrogens (primary N) is 1. The first kappa shape index (κ1) is 20.2. The van der Waals surface area contributed by atoms with E-state index in [1.807, 2.05) is 29.1 Å². The van der Waals surface area contributed by atoms with Gasteiger partial charge in [-0.1, -0.05) is 6.07 Å². The summed E-state index contributed by atoms with van der Waals surface area (Å²) in [6, 6.07) is 5.85. The highest BCUT2D eigenvalue weighted by Gasteiger charge is 2.30. The van der Waals surface area contributed by atoms with Crippen LogP contribution in [0.15, 0.2) is 30.6 Å². The van der Waals surface area contributed by atoms with E-state index in [9.17, 15) is 5.11 Å². The lowest BCUT2D eigenvalue weighted by Crippen LogP contribution is -2.34. The predicted molar refractivity (Wildman–Crippen MR) is 125 cm³/mol. The molecule has 0 spiro atoms. The molecule has 0 radical (unpaired) electrons. The van der Waals surface area contributed by atoms with E-state index in [1.54, 1.807) is 11.6 Å². The van der Waals surface area contributed by atoms with Crippen molar-refractivity contribution in [2.75, 3.05) is 30.8 Å². The van der Waals surface area contributed by atoms with Crippen LogP contribution in [0.2, 0.25) is 0 Å². The Labute approximate surface area is 191 Å². The summed E-state index contributed by atoms with van der Waals surface area (Å²) in [4.78, 5) is 11.8. The summed E-state index contributed by atoms with van der Waals surface area (Å²) >= 11 is 0. The number of benzene rings is 1. The van der Waals surface area contributed by atoms with Crippen LogP contribution in [-0.4, -0.2) is 60.8 Å². The molecule has 3 atom stereocenters. The van der Waals surface area contributed by atoms with Crippen molar-refractivity contribution in [3.63, 3.8) is 0 Å². The van der Waals surface area contributed by atoms with E-state index in [1.165, 1.54) is 0 Å². The van der Waals surface area contributed by atoms with Gasteiger partial charge in [-0.05, 0) is 44.2 Å². The molecule has 1 aromatic carbocycles. The topological polar surface area (TPSA) is 120 Å². The first-order valence-corrected chi connectivity index (χ1v) is 11.6. The molecule has 10 heteroatoms. The fraction of sp³-hybridized carbons (Fsp3) is 0.478. The summed E-state index contributed by atoms with van der Waals surface area (Å²) in [6.07, 6.45) is 8.60. The third-order valence-corrected chi connectivity index (χ3v) is 7.05. The number of fused-ring (bicyclic) bond motifs is 3. The van der Waals surface area contributed by atoms with Gasteiger partial charge in [0.2, 0.25) is 5.95 Å². The number of anilines is 2. The second kappa shape index (κ2) is 7.87. The second-order valence-electron chi connectivity index (χ2n) is 9.06. The molecule has 1 saturated carbocycles. The lowest BCUT2D eigenvalue weighted by atomic mass is 9.97. The van der Waals surface area contributed by atoms with Crippen molar-refractivity contribution in [1.29, 1.82) is 0 Å². The number of nitrogen functional groups attached to an aromatic ring is 1. The van der Waals surface area contributed by atoms with Crippen LogP contribution in [-0.2, 0) is 0 Å². The highest BCUT2D eigenvalue weighted by molar-refractivity contribution is 5.95. The highest BCUT2D eigenvalue weighted by atomic mass is 16.5. The van der Waals surface area contributed by atoms with Gasteiger partial charge in [-0.25, -0.2) is 9.97 Å². The maximum Gasteiger partial charge on any atom is 0.223 e. The molecule has 0 amide bonds. The summed E-state index contributed by atoms with van der Waals surface area (Å²) in [5, 5.41) is 20.4. The lowest BCUT2D eigenvalue weighted by molar-refractivity contribution is 0.130. The average Bonchev–Trinajstić information content (AvgIpc) is 3.58. The monoisotopic (exact) mass is 448 g/mol. The van der Waals surface area contributed by atoms with E-state index in [4.69, 9.17) is 20.6 Å². The number of ether oxygens (including phenoxy) is 1. The molecule has 1 unspecified atom stereocenters. The van der Waals surface area contributed by atoms with Crippen LogP contribution in [0.4, 0.5) is 11.6 Å². The number of piperidine rings is 1. The van der Waals surface area contributed by atoms with Crippen LogP contribution in [0.25, 0.3) is 16.6 Å². The van der Waals surface area contributed by atoms with Gasteiger partial charge < -0.3 is 20.5 Å². The Bertz CT molecular complexity index is 1310. The number of methoxy groups -OCH3 is 1. The first-order valence-electron chi connectivity index (χ1n) is 11.6. The second-order valence-corrected chi connectivity index (χ2v) is 9.06. The van der Waals surface area contributed by atoms with Crippen LogP contribution in [0.3, 0.4) is 0 Å². The maximum atomic E-state index is 10.2. The molecule has 0 bridgehead atoms. The van der Waals surface area contributed by atoms with E-state index < -0.39 is 0 Å². The Balaban J connectivity index is 1.30. The fourth-order valence-corrected chi connectivity index (χ4v) is 5.30. The van der Waals surface area contributed by atoms with Crippen LogP contribution < -0.4 is 15.4 Å². The van der Waals surface area contributed by atoms with Crippen molar-refractivity contribution in [1.82, 2.24) is 29.4 Å². The van der Waals surface area contributed by atoms with E-state index in [0.717, 1.165) is 62.1 Å². The average molecular weight is 449 g/mol. The van der Waals surface area contributed by atoms with Crippen molar-refractivity contribution in [3.05, 3.63) is 36.4 Å². The van der Waals surface area contributed by atoms with Crippen molar-refractivity contribution < 1.29 is 9.84 Å². The molecule has 1 aliphatic heterocycles. The van der Waals surface area contributed by atoms with E-state index in [-0.39, 0.29) is 18.1 Å². The minimum Gasteiger partial charge on any atom is -0.494 e. The third-order valence-electron chi connectivity index (χ3n) is 7.05. The van der Waals surface area contributed by atoms with Gasteiger partial charge in [0.25, 0.3) is 0 Å². The lowest BCUT2D eigenvalue weighted by Gasteiger charge is -2.32. The molecule has 33 heavy (non-hydrogen) atoms.